The number of anilines is 1. The summed E-state index contributed by atoms with van der Waals surface area (Å²) in [5.74, 6) is 0.582. The van der Waals surface area contributed by atoms with Gasteiger partial charge in [-0.2, -0.15) is 0 Å². The first-order valence-electron chi connectivity index (χ1n) is 6.83. The second-order valence-electron chi connectivity index (χ2n) is 5.11. The quantitative estimate of drug-likeness (QED) is 0.574. The van der Waals surface area contributed by atoms with Crippen molar-refractivity contribution in [3.8, 4) is 17.1 Å². The molecule has 0 spiro atoms. The molecule has 2 aromatic heterocycles. The summed E-state index contributed by atoms with van der Waals surface area (Å²) >= 11 is 0. The Kier molecular flexibility index (Phi) is 2.69. The number of nitrogens with two attached hydrogens (primary N) is 1. The topological polar surface area (TPSA) is 82.8 Å². The van der Waals surface area contributed by atoms with Crippen molar-refractivity contribution < 1.29 is 4.42 Å². The molecule has 0 aliphatic rings. The molecular weight excluding hydrogens is 278 g/mol. The van der Waals surface area contributed by atoms with Crippen LogP contribution in [0.4, 0.5) is 5.69 Å². The largest absolute Gasteiger partial charge is 0.436 e. The van der Waals surface area contributed by atoms with E-state index in [0.717, 1.165) is 33.6 Å². The van der Waals surface area contributed by atoms with Gasteiger partial charge in [0.1, 0.15) is 18.2 Å². The van der Waals surface area contributed by atoms with Gasteiger partial charge in [0.2, 0.25) is 5.89 Å². The molecule has 0 saturated carbocycles. The number of aromatic nitrogens is 4. The van der Waals surface area contributed by atoms with E-state index in [9.17, 15) is 0 Å². The van der Waals surface area contributed by atoms with Crippen LogP contribution < -0.4 is 5.73 Å². The van der Waals surface area contributed by atoms with Crippen LogP contribution >= 0.6 is 0 Å². The average molecular weight is 291 g/mol. The van der Waals surface area contributed by atoms with Gasteiger partial charge in [0, 0.05) is 11.3 Å². The van der Waals surface area contributed by atoms with E-state index < -0.39 is 0 Å². The number of fused-ring (bicyclic) bond motifs is 1. The SMILES string of the molecule is Cc1cc(-c2nc3cc(-n4cnnc4)ccc3o2)ccc1N. The number of benzene rings is 2. The Hall–Kier alpha value is -3.15. The molecule has 0 bridgehead atoms. The molecule has 0 aliphatic heterocycles. The molecule has 4 rings (SSSR count). The van der Waals surface area contributed by atoms with E-state index in [-0.39, 0.29) is 0 Å². The van der Waals surface area contributed by atoms with Gasteiger partial charge in [0.05, 0.1) is 5.69 Å². The number of aryl methyl sites for hydroxylation is 1. The number of nitrogens with zero attached hydrogens (tertiary/aromatic N) is 4. The fraction of sp³-hybridized carbons (Fsp3) is 0.0625. The lowest BCUT2D eigenvalue weighted by molar-refractivity contribution is 0.620. The Morgan fingerprint density at radius 3 is 2.64 bits per heavy atom. The van der Waals surface area contributed by atoms with Crippen molar-refractivity contribution in [2.24, 2.45) is 0 Å². The number of hydrogen-bond acceptors (Lipinski definition) is 5. The molecule has 6 heteroatoms. The minimum Gasteiger partial charge on any atom is -0.436 e. The zero-order valence-corrected chi connectivity index (χ0v) is 11.9. The van der Waals surface area contributed by atoms with Crippen molar-refractivity contribution in [3.63, 3.8) is 0 Å². The number of hydrogen-bond donors (Lipinski definition) is 1. The Morgan fingerprint density at radius 1 is 1.05 bits per heavy atom. The third kappa shape index (κ3) is 2.01. The highest BCUT2D eigenvalue weighted by Gasteiger charge is 2.10. The van der Waals surface area contributed by atoms with Crippen LogP contribution in [0.15, 0.2) is 53.5 Å². The number of nitrogen functional groups attached to an aromatic ring is 1. The van der Waals surface area contributed by atoms with Crippen molar-refractivity contribution in [1.29, 1.82) is 0 Å². The molecule has 0 saturated heterocycles. The number of rotatable bonds is 2. The first-order chi connectivity index (χ1) is 10.7. The predicted molar refractivity (Wildman–Crippen MR) is 83.5 cm³/mol. The van der Waals surface area contributed by atoms with Crippen LogP contribution in [0.2, 0.25) is 0 Å². The predicted octanol–water partition coefficient (Wildman–Crippen LogP) is 2.97. The van der Waals surface area contributed by atoms with E-state index in [4.69, 9.17) is 10.2 Å². The van der Waals surface area contributed by atoms with Crippen LogP contribution in [0, 0.1) is 6.92 Å². The van der Waals surface area contributed by atoms with E-state index in [1.54, 1.807) is 12.7 Å². The van der Waals surface area contributed by atoms with Crippen molar-refractivity contribution >= 4 is 16.8 Å². The zero-order chi connectivity index (χ0) is 15.1. The van der Waals surface area contributed by atoms with E-state index in [2.05, 4.69) is 15.2 Å². The van der Waals surface area contributed by atoms with Gasteiger partial charge in [-0.15, -0.1) is 10.2 Å². The summed E-state index contributed by atoms with van der Waals surface area (Å²) in [5.41, 5.74) is 11.0. The highest BCUT2D eigenvalue weighted by molar-refractivity contribution is 5.78. The highest BCUT2D eigenvalue weighted by Crippen LogP contribution is 2.27. The summed E-state index contributed by atoms with van der Waals surface area (Å²) in [6.45, 7) is 1.96. The maximum Gasteiger partial charge on any atom is 0.227 e. The van der Waals surface area contributed by atoms with Crippen LogP contribution in [-0.2, 0) is 0 Å². The van der Waals surface area contributed by atoms with Gasteiger partial charge in [-0.3, -0.25) is 4.57 Å². The van der Waals surface area contributed by atoms with Crippen LogP contribution in [-0.4, -0.2) is 19.7 Å². The monoisotopic (exact) mass is 291 g/mol. The molecule has 0 atom stereocenters. The van der Waals surface area contributed by atoms with Crippen LogP contribution in [0.25, 0.3) is 28.2 Å². The van der Waals surface area contributed by atoms with Crippen LogP contribution in [0.1, 0.15) is 5.56 Å². The first kappa shape index (κ1) is 12.6. The lowest BCUT2D eigenvalue weighted by Gasteiger charge is -2.00. The third-order valence-corrected chi connectivity index (χ3v) is 3.60. The molecule has 108 valence electrons. The normalized spacial score (nSPS) is 11.1. The lowest BCUT2D eigenvalue weighted by atomic mass is 10.1. The fourth-order valence-electron chi connectivity index (χ4n) is 2.34. The summed E-state index contributed by atoms with van der Waals surface area (Å²) in [4.78, 5) is 4.56. The molecule has 0 aliphatic carbocycles. The molecular formula is C16H13N5O. The molecule has 0 radical (unpaired) electrons. The molecule has 4 aromatic rings. The minimum absolute atomic E-state index is 0.582. The zero-order valence-electron chi connectivity index (χ0n) is 11.9. The van der Waals surface area contributed by atoms with Gasteiger partial charge >= 0.3 is 0 Å². The molecule has 6 nitrogen and oxygen atoms in total. The fourth-order valence-corrected chi connectivity index (χ4v) is 2.34. The maximum absolute atomic E-state index is 5.85. The van der Waals surface area contributed by atoms with E-state index in [0.29, 0.717) is 5.89 Å². The van der Waals surface area contributed by atoms with Gasteiger partial charge < -0.3 is 10.2 Å². The molecule has 2 heterocycles. The smallest absolute Gasteiger partial charge is 0.227 e. The van der Waals surface area contributed by atoms with E-state index >= 15 is 0 Å². The molecule has 0 fully saturated rings. The first-order valence-corrected chi connectivity index (χ1v) is 6.83. The molecule has 2 N–H and O–H groups in total. The Bertz CT molecular complexity index is 956. The standard InChI is InChI=1S/C16H13N5O/c1-10-6-11(2-4-13(10)17)16-20-14-7-12(3-5-15(14)22-16)21-8-18-19-9-21/h2-9H,17H2,1H3. The maximum atomic E-state index is 5.85. The van der Waals surface area contributed by atoms with E-state index in [1.807, 2.05) is 47.9 Å². The summed E-state index contributed by atoms with van der Waals surface area (Å²) in [5, 5.41) is 7.61. The average Bonchev–Trinajstić information content (AvgIpc) is 3.17. The number of oxazole rings is 1. The van der Waals surface area contributed by atoms with Crippen LogP contribution in [0.5, 0.6) is 0 Å². The highest BCUT2D eigenvalue weighted by atomic mass is 16.3. The van der Waals surface area contributed by atoms with Gasteiger partial charge in [0.25, 0.3) is 0 Å². The third-order valence-electron chi connectivity index (χ3n) is 3.60. The minimum atomic E-state index is 0.582. The Labute approximate surface area is 126 Å². The second-order valence-corrected chi connectivity index (χ2v) is 5.11. The van der Waals surface area contributed by atoms with Crippen molar-refractivity contribution in [1.82, 2.24) is 19.7 Å². The van der Waals surface area contributed by atoms with Crippen molar-refractivity contribution in [3.05, 3.63) is 54.6 Å². The van der Waals surface area contributed by atoms with Gasteiger partial charge in [-0.25, -0.2) is 4.98 Å². The van der Waals surface area contributed by atoms with Gasteiger partial charge in [-0.1, -0.05) is 0 Å². The Morgan fingerprint density at radius 2 is 1.86 bits per heavy atom. The second kappa shape index (κ2) is 4.70. The molecule has 0 unspecified atom stereocenters. The lowest BCUT2D eigenvalue weighted by Crippen LogP contribution is -1.89. The van der Waals surface area contributed by atoms with Gasteiger partial charge in [0.15, 0.2) is 5.58 Å². The van der Waals surface area contributed by atoms with Gasteiger partial charge in [-0.05, 0) is 48.9 Å². The molecule has 2 aromatic carbocycles. The molecule has 0 amide bonds. The van der Waals surface area contributed by atoms with E-state index in [1.165, 1.54) is 0 Å². The summed E-state index contributed by atoms with van der Waals surface area (Å²) in [6, 6.07) is 11.5. The van der Waals surface area contributed by atoms with Crippen LogP contribution in [0.3, 0.4) is 0 Å². The summed E-state index contributed by atoms with van der Waals surface area (Å²) < 4.78 is 7.65. The summed E-state index contributed by atoms with van der Waals surface area (Å²) in [7, 11) is 0. The Balaban J connectivity index is 1.81. The van der Waals surface area contributed by atoms with Crippen molar-refractivity contribution in [2.45, 2.75) is 6.92 Å². The van der Waals surface area contributed by atoms with Crippen molar-refractivity contribution in [2.75, 3.05) is 5.73 Å². The molecule has 22 heavy (non-hydrogen) atoms. The summed E-state index contributed by atoms with van der Waals surface area (Å²) in [6.07, 6.45) is 3.29.